The minimum absolute atomic E-state index is 0.150. The minimum atomic E-state index is -0.150. The third-order valence-corrected chi connectivity index (χ3v) is 6.80. The van der Waals surface area contributed by atoms with Crippen molar-refractivity contribution in [2.75, 3.05) is 23.3 Å². The molecule has 0 spiro atoms. The largest absolute Gasteiger partial charge is 0.357 e. The van der Waals surface area contributed by atoms with Crippen molar-refractivity contribution in [3.8, 4) is 0 Å². The van der Waals surface area contributed by atoms with E-state index in [9.17, 15) is 4.79 Å². The Morgan fingerprint density at radius 2 is 1.82 bits per heavy atom. The van der Waals surface area contributed by atoms with Crippen molar-refractivity contribution in [2.24, 2.45) is 0 Å². The van der Waals surface area contributed by atoms with Gasteiger partial charge in [-0.25, -0.2) is 15.0 Å². The van der Waals surface area contributed by atoms with E-state index >= 15 is 0 Å². The highest BCUT2D eigenvalue weighted by molar-refractivity contribution is 7.23. The number of carbonyl (C=O) groups excluding carboxylic acids is 1. The molecule has 0 aliphatic heterocycles. The van der Waals surface area contributed by atoms with Gasteiger partial charge < -0.3 is 4.90 Å². The molecule has 3 aromatic heterocycles. The monoisotopic (exact) mass is 411 g/mol. The Morgan fingerprint density at radius 1 is 1.07 bits per heavy atom. The standard InChI is InChI=1S/C20H21N5OS2/c1-5-25(6-2)17-15-11(3)16(28-19(15)22-12(4)21-17)18(26)24-20-23-13-9-7-8-10-14(13)27-20/h7-10H,5-6H2,1-4H3,(H,23,24,26). The predicted molar refractivity (Wildman–Crippen MR) is 118 cm³/mol. The lowest BCUT2D eigenvalue weighted by Gasteiger charge is -2.21. The fraction of sp³-hybridized carbons (Fsp3) is 0.300. The number of thiophene rings is 1. The van der Waals surface area contributed by atoms with Crippen LogP contribution in [0.1, 0.15) is 34.9 Å². The Hall–Kier alpha value is -2.58. The van der Waals surface area contributed by atoms with Crippen LogP contribution >= 0.6 is 22.7 Å². The molecule has 3 heterocycles. The number of amides is 1. The van der Waals surface area contributed by atoms with Gasteiger partial charge in [0.2, 0.25) is 0 Å². The van der Waals surface area contributed by atoms with Gasteiger partial charge in [-0.1, -0.05) is 23.5 Å². The van der Waals surface area contributed by atoms with Gasteiger partial charge in [-0.3, -0.25) is 10.1 Å². The SMILES string of the molecule is CCN(CC)c1nc(C)nc2sc(C(=O)Nc3nc4ccccc4s3)c(C)c12. The van der Waals surface area contributed by atoms with Crippen LogP contribution < -0.4 is 10.2 Å². The highest BCUT2D eigenvalue weighted by Gasteiger charge is 2.22. The number of carbonyl (C=O) groups is 1. The van der Waals surface area contributed by atoms with Crippen LogP contribution in [0.5, 0.6) is 0 Å². The molecule has 1 amide bonds. The molecule has 0 saturated carbocycles. The smallest absolute Gasteiger partial charge is 0.267 e. The second-order valence-corrected chi connectivity index (χ2v) is 8.47. The summed E-state index contributed by atoms with van der Waals surface area (Å²) in [6.07, 6.45) is 0. The number of hydrogen-bond acceptors (Lipinski definition) is 7. The van der Waals surface area contributed by atoms with Gasteiger partial charge in [-0.2, -0.15) is 0 Å². The number of aryl methyl sites for hydroxylation is 2. The highest BCUT2D eigenvalue weighted by Crippen LogP contribution is 2.36. The Labute approximate surface area is 171 Å². The predicted octanol–water partition coefficient (Wildman–Crippen LogP) is 5.02. The molecule has 4 rings (SSSR count). The topological polar surface area (TPSA) is 71.0 Å². The number of nitrogens with one attached hydrogen (secondary N) is 1. The zero-order valence-electron chi connectivity index (χ0n) is 16.2. The van der Waals surface area contributed by atoms with Crippen LogP contribution in [0.3, 0.4) is 0 Å². The number of hydrogen-bond donors (Lipinski definition) is 1. The van der Waals surface area contributed by atoms with Gasteiger partial charge in [-0.05, 0) is 45.4 Å². The molecule has 144 valence electrons. The normalized spacial score (nSPS) is 11.3. The van der Waals surface area contributed by atoms with Crippen LogP contribution in [-0.4, -0.2) is 33.9 Å². The Bertz CT molecular complexity index is 1140. The average molecular weight is 412 g/mol. The first kappa shape index (κ1) is 18.8. The van der Waals surface area contributed by atoms with Gasteiger partial charge in [0.25, 0.3) is 5.91 Å². The molecule has 0 radical (unpaired) electrons. The third kappa shape index (κ3) is 3.22. The molecule has 0 bridgehead atoms. The summed E-state index contributed by atoms with van der Waals surface area (Å²) in [5, 5.41) is 4.53. The summed E-state index contributed by atoms with van der Waals surface area (Å²) in [5.41, 5.74) is 1.81. The van der Waals surface area contributed by atoms with Crippen molar-refractivity contribution in [1.82, 2.24) is 15.0 Å². The number of benzene rings is 1. The molecule has 0 fully saturated rings. The van der Waals surface area contributed by atoms with E-state index in [0.717, 1.165) is 44.9 Å². The number of para-hydroxylation sites is 1. The first-order chi connectivity index (χ1) is 13.5. The maximum Gasteiger partial charge on any atom is 0.267 e. The second-order valence-electron chi connectivity index (χ2n) is 6.44. The zero-order valence-corrected chi connectivity index (χ0v) is 17.9. The lowest BCUT2D eigenvalue weighted by molar-refractivity contribution is 0.103. The molecule has 0 aliphatic rings. The average Bonchev–Trinajstić information content (AvgIpc) is 3.22. The summed E-state index contributed by atoms with van der Waals surface area (Å²) < 4.78 is 1.05. The van der Waals surface area contributed by atoms with Gasteiger partial charge in [-0.15, -0.1) is 11.3 Å². The van der Waals surface area contributed by atoms with Gasteiger partial charge in [0.05, 0.1) is 20.5 Å². The van der Waals surface area contributed by atoms with Crippen molar-refractivity contribution in [3.63, 3.8) is 0 Å². The third-order valence-electron chi connectivity index (χ3n) is 4.67. The van der Waals surface area contributed by atoms with Gasteiger partial charge >= 0.3 is 0 Å². The first-order valence-corrected chi connectivity index (χ1v) is 10.8. The van der Waals surface area contributed by atoms with E-state index in [0.29, 0.717) is 15.8 Å². The van der Waals surface area contributed by atoms with Crippen LogP contribution in [0.2, 0.25) is 0 Å². The Morgan fingerprint density at radius 3 is 2.54 bits per heavy atom. The van der Waals surface area contributed by atoms with E-state index < -0.39 is 0 Å². The van der Waals surface area contributed by atoms with E-state index in [4.69, 9.17) is 0 Å². The van der Waals surface area contributed by atoms with Crippen LogP contribution in [0, 0.1) is 13.8 Å². The summed E-state index contributed by atoms with van der Waals surface area (Å²) in [6.45, 7) is 9.78. The van der Waals surface area contributed by atoms with Crippen LogP contribution in [0.25, 0.3) is 20.4 Å². The molecular formula is C20H21N5OS2. The summed E-state index contributed by atoms with van der Waals surface area (Å²) in [5.74, 6) is 1.47. The van der Waals surface area contributed by atoms with Crippen LogP contribution in [-0.2, 0) is 0 Å². The summed E-state index contributed by atoms with van der Waals surface area (Å²) in [7, 11) is 0. The highest BCUT2D eigenvalue weighted by atomic mass is 32.1. The van der Waals surface area contributed by atoms with Gasteiger partial charge in [0.15, 0.2) is 5.13 Å². The molecule has 1 aromatic carbocycles. The van der Waals surface area contributed by atoms with E-state index in [-0.39, 0.29) is 5.91 Å². The molecule has 8 heteroatoms. The maximum absolute atomic E-state index is 13.0. The van der Waals surface area contributed by atoms with E-state index in [2.05, 4.69) is 39.0 Å². The molecule has 0 aliphatic carbocycles. The van der Waals surface area contributed by atoms with Crippen LogP contribution in [0.4, 0.5) is 10.9 Å². The molecule has 6 nitrogen and oxygen atoms in total. The van der Waals surface area contributed by atoms with Gasteiger partial charge in [0, 0.05) is 13.1 Å². The van der Waals surface area contributed by atoms with Crippen molar-refractivity contribution in [1.29, 1.82) is 0 Å². The molecular weight excluding hydrogens is 390 g/mol. The first-order valence-electron chi connectivity index (χ1n) is 9.21. The summed E-state index contributed by atoms with van der Waals surface area (Å²) >= 11 is 2.89. The molecule has 0 saturated heterocycles. The number of fused-ring (bicyclic) bond motifs is 2. The molecule has 0 unspecified atom stereocenters. The van der Waals surface area contributed by atoms with E-state index in [1.807, 2.05) is 38.1 Å². The lowest BCUT2D eigenvalue weighted by Crippen LogP contribution is -2.23. The molecule has 4 aromatic rings. The lowest BCUT2D eigenvalue weighted by atomic mass is 10.2. The fourth-order valence-corrected chi connectivity index (χ4v) is 5.25. The number of aromatic nitrogens is 3. The Kier molecular flexibility index (Phi) is 4.99. The van der Waals surface area contributed by atoms with Crippen LogP contribution in [0.15, 0.2) is 24.3 Å². The van der Waals surface area contributed by atoms with E-state index in [1.54, 1.807) is 0 Å². The van der Waals surface area contributed by atoms with Crippen molar-refractivity contribution < 1.29 is 4.79 Å². The summed E-state index contributed by atoms with van der Waals surface area (Å²) in [4.78, 5) is 30.4. The number of rotatable bonds is 5. The maximum atomic E-state index is 13.0. The Balaban J connectivity index is 1.74. The fourth-order valence-electron chi connectivity index (χ4n) is 3.27. The number of thiazole rings is 1. The summed E-state index contributed by atoms with van der Waals surface area (Å²) in [6, 6.07) is 7.86. The van der Waals surface area contributed by atoms with Crippen molar-refractivity contribution in [2.45, 2.75) is 27.7 Å². The van der Waals surface area contributed by atoms with Crippen molar-refractivity contribution in [3.05, 3.63) is 40.5 Å². The van der Waals surface area contributed by atoms with E-state index in [1.165, 1.54) is 22.7 Å². The zero-order chi connectivity index (χ0) is 19.8. The molecule has 1 N–H and O–H groups in total. The van der Waals surface area contributed by atoms with Crippen molar-refractivity contribution >= 4 is 60.0 Å². The molecule has 28 heavy (non-hydrogen) atoms. The number of anilines is 2. The van der Waals surface area contributed by atoms with Gasteiger partial charge in [0.1, 0.15) is 16.5 Å². The quantitative estimate of drug-likeness (QED) is 0.499. The second kappa shape index (κ2) is 7.44. The molecule has 0 atom stereocenters. The number of nitrogens with zero attached hydrogens (tertiary/aromatic N) is 4. The minimum Gasteiger partial charge on any atom is -0.357 e.